The van der Waals surface area contributed by atoms with Gasteiger partial charge in [0.05, 0.1) is 5.41 Å². The Morgan fingerprint density at radius 2 is 1.50 bits per heavy atom. The van der Waals surface area contributed by atoms with Crippen LogP contribution >= 0.6 is 0 Å². The van der Waals surface area contributed by atoms with E-state index in [-0.39, 0.29) is 17.2 Å². The molecule has 1 saturated carbocycles. The summed E-state index contributed by atoms with van der Waals surface area (Å²) >= 11 is 0. The molecule has 1 N–H and O–H groups in total. The van der Waals surface area contributed by atoms with Gasteiger partial charge >= 0.3 is 0 Å². The summed E-state index contributed by atoms with van der Waals surface area (Å²) in [5.41, 5.74) is 1.56. The summed E-state index contributed by atoms with van der Waals surface area (Å²) in [6.45, 7) is 5.59. The van der Waals surface area contributed by atoms with Gasteiger partial charge in [-0.25, -0.2) is 0 Å². The van der Waals surface area contributed by atoms with Gasteiger partial charge in [0.15, 0.2) is 0 Å². The van der Waals surface area contributed by atoms with E-state index in [2.05, 4.69) is 22.3 Å². The van der Waals surface area contributed by atoms with Crippen molar-refractivity contribution in [3.8, 4) is 0 Å². The number of hydrogen-bond acceptors (Lipinski definition) is 2. The molecule has 4 heteroatoms. The Bertz CT molecular complexity index is 624. The van der Waals surface area contributed by atoms with Crippen LogP contribution in [0.4, 0.5) is 5.69 Å². The molecule has 0 radical (unpaired) electrons. The SMILES string of the molecule is CC(C)C(=O)Nc1ccc(C2(C(=O)N3CCCCC3)CCCCC2)cc1. The molecular formula is C22H32N2O2. The molecule has 0 atom stereocenters. The predicted molar refractivity (Wildman–Crippen MR) is 105 cm³/mol. The number of rotatable bonds is 4. The summed E-state index contributed by atoms with van der Waals surface area (Å²) in [5.74, 6) is 0.311. The molecule has 1 aliphatic heterocycles. The molecule has 2 fully saturated rings. The molecule has 1 heterocycles. The highest BCUT2D eigenvalue weighted by Gasteiger charge is 2.43. The molecule has 1 aromatic carbocycles. The van der Waals surface area contributed by atoms with Gasteiger partial charge in [-0.05, 0) is 49.8 Å². The third-order valence-electron chi connectivity index (χ3n) is 5.99. The summed E-state index contributed by atoms with van der Waals surface area (Å²) in [6, 6.07) is 8.02. The second kappa shape index (κ2) is 8.24. The van der Waals surface area contributed by atoms with E-state index < -0.39 is 0 Å². The average Bonchev–Trinajstić information content (AvgIpc) is 2.69. The maximum Gasteiger partial charge on any atom is 0.233 e. The highest BCUT2D eigenvalue weighted by molar-refractivity contribution is 5.92. The number of nitrogens with one attached hydrogen (secondary N) is 1. The smallest absolute Gasteiger partial charge is 0.233 e. The van der Waals surface area contributed by atoms with Gasteiger partial charge in [-0.3, -0.25) is 9.59 Å². The fourth-order valence-electron chi connectivity index (χ4n) is 4.34. The first kappa shape index (κ1) is 18.9. The Hall–Kier alpha value is -1.84. The molecule has 4 nitrogen and oxygen atoms in total. The standard InChI is InChI=1S/C22H32N2O2/c1-17(2)20(25)23-19-11-9-18(10-12-19)22(13-5-3-6-14-22)21(26)24-15-7-4-8-16-24/h9-12,17H,3-8,13-16H2,1-2H3,(H,23,25). The van der Waals surface area contributed by atoms with Gasteiger partial charge in [-0.15, -0.1) is 0 Å². The predicted octanol–water partition coefficient (Wildman–Crippen LogP) is 4.50. The van der Waals surface area contributed by atoms with E-state index in [0.717, 1.165) is 62.9 Å². The zero-order chi connectivity index (χ0) is 18.6. The maximum absolute atomic E-state index is 13.5. The summed E-state index contributed by atoms with van der Waals surface area (Å²) in [5, 5.41) is 2.94. The van der Waals surface area contributed by atoms with E-state index in [1.807, 2.05) is 26.0 Å². The van der Waals surface area contributed by atoms with E-state index in [1.165, 1.54) is 12.8 Å². The van der Waals surface area contributed by atoms with Crippen molar-refractivity contribution in [1.82, 2.24) is 4.90 Å². The Balaban J connectivity index is 1.83. The fourth-order valence-corrected chi connectivity index (χ4v) is 4.34. The summed E-state index contributed by atoms with van der Waals surface area (Å²) in [4.78, 5) is 27.5. The van der Waals surface area contributed by atoms with Crippen LogP contribution in [0.2, 0.25) is 0 Å². The molecule has 0 unspecified atom stereocenters. The van der Waals surface area contributed by atoms with Crippen molar-refractivity contribution < 1.29 is 9.59 Å². The number of anilines is 1. The molecule has 2 aliphatic rings. The fraction of sp³-hybridized carbons (Fsp3) is 0.636. The highest BCUT2D eigenvalue weighted by atomic mass is 16.2. The average molecular weight is 357 g/mol. The van der Waals surface area contributed by atoms with Gasteiger partial charge in [0.25, 0.3) is 0 Å². The first-order valence-corrected chi connectivity index (χ1v) is 10.2. The molecule has 1 aromatic rings. The minimum Gasteiger partial charge on any atom is -0.342 e. The third kappa shape index (κ3) is 3.94. The van der Waals surface area contributed by atoms with Crippen molar-refractivity contribution in [3.63, 3.8) is 0 Å². The van der Waals surface area contributed by atoms with Gasteiger partial charge in [0, 0.05) is 24.7 Å². The molecule has 142 valence electrons. The van der Waals surface area contributed by atoms with Gasteiger partial charge in [0.1, 0.15) is 0 Å². The Morgan fingerprint density at radius 1 is 0.923 bits per heavy atom. The number of likely N-dealkylation sites (tertiary alicyclic amines) is 1. The largest absolute Gasteiger partial charge is 0.342 e. The van der Waals surface area contributed by atoms with Crippen molar-refractivity contribution in [3.05, 3.63) is 29.8 Å². The number of benzene rings is 1. The van der Waals surface area contributed by atoms with Gasteiger partial charge in [0.2, 0.25) is 11.8 Å². The Kier molecular flexibility index (Phi) is 6.00. The van der Waals surface area contributed by atoms with Crippen molar-refractivity contribution >= 4 is 17.5 Å². The van der Waals surface area contributed by atoms with Gasteiger partial charge < -0.3 is 10.2 Å². The van der Waals surface area contributed by atoms with Gasteiger partial charge in [-0.2, -0.15) is 0 Å². The van der Waals surface area contributed by atoms with Crippen LogP contribution in [0.25, 0.3) is 0 Å². The Morgan fingerprint density at radius 3 is 2.08 bits per heavy atom. The maximum atomic E-state index is 13.5. The molecular weight excluding hydrogens is 324 g/mol. The van der Waals surface area contributed by atoms with Gasteiger partial charge in [-0.1, -0.05) is 45.2 Å². The van der Waals surface area contributed by atoms with Crippen LogP contribution in [-0.2, 0) is 15.0 Å². The first-order chi connectivity index (χ1) is 12.5. The second-order valence-corrected chi connectivity index (χ2v) is 8.22. The summed E-state index contributed by atoms with van der Waals surface area (Å²) < 4.78 is 0. The normalized spacial score (nSPS) is 20.0. The Labute approximate surface area is 157 Å². The zero-order valence-corrected chi connectivity index (χ0v) is 16.2. The molecule has 0 spiro atoms. The number of amides is 2. The monoisotopic (exact) mass is 356 g/mol. The minimum atomic E-state index is -0.365. The van der Waals surface area contributed by atoms with E-state index in [1.54, 1.807) is 0 Å². The highest BCUT2D eigenvalue weighted by Crippen LogP contribution is 2.41. The van der Waals surface area contributed by atoms with E-state index in [4.69, 9.17) is 0 Å². The van der Waals surface area contributed by atoms with E-state index in [9.17, 15) is 9.59 Å². The van der Waals surface area contributed by atoms with Crippen LogP contribution in [0.3, 0.4) is 0 Å². The van der Waals surface area contributed by atoms with Crippen LogP contribution in [0.5, 0.6) is 0 Å². The lowest BCUT2D eigenvalue weighted by Gasteiger charge is -2.41. The molecule has 1 aliphatic carbocycles. The number of carbonyl (C=O) groups is 2. The second-order valence-electron chi connectivity index (χ2n) is 8.22. The first-order valence-electron chi connectivity index (χ1n) is 10.2. The van der Waals surface area contributed by atoms with Crippen molar-refractivity contribution in [1.29, 1.82) is 0 Å². The summed E-state index contributed by atoms with van der Waals surface area (Å²) in [6.07, 6.45) is 8.83. The molecule has 2 amide bonds. The number of carbonyl (C=O) groups excluding carboxylic acids is 2. The molecule has 1 saturated heterocycles. The lowest BCUT2D eigenvalue weighted by atomic mass is 9.68. The van der Waals surface area contributed by atoms with Crippen molar-refractivity contribution in [2.75, 3.05) is 18.4 Å². The van der Waals surface area contributed by atoms with Crippen LogP contribution in [-0.4, -0.2) is 29.8 Å². The van der Waals surface area contributed by atoms with Crippen LogP contribution in [0.15, 0.2) is 24.3 Å². The zero-order valence-electron chi connectivity index (χ0n) is 16.2. The van der Waals surface area contributed by atoms with E-state index >= 15 is 0 Å². The molecule has 3 rings (SSSR count). The lowest BCUT2D eigenvalue weighted by Crippen LogP contribution is -2.49. The van der Waals surface area contributed by atoms with E-state index in [0.29, 0.717) is 5.91 Å². The van der Waals surface area contributed by atoms with Crippen LogP contribution in [0.1, 0.15) is 70.8 Å². The van der Waals surface area contributed by atoms with Crippen molar-refractivity contribution in [2.45, 2.75) is 70.6 Å². The lowest BCUT2D eigenvalue weighted by molar-refractivity contribution is -0.139. The van der Waals surface area contributed by atoms with Crippen molar-refractivity contribution in [2.24, 2.45) is 5.92 Å². The van der Waals surface area contributed by atoms with Crippen LogP contribution in [0, 0.1) is 5.92 Å². The minimum absolute atomic E-state index is 0.0227. The number of hydrogen-bond donors (Lipinski definition) is 1. The molecule has 0 bridgehead atoms. The topological polar surface area (TPSA) is 49.4 Å². The molecule has 0 aromatic heterocycles. The molecule has 26 heavy (non-hydrogen) atoms. The third-order valence-corrected chi connectivity index (χ3v) is 5.99. The number of piperidine rings is 1. The number of nitrogens with zero attached hydrogens (tertiary/aromatic N) is 1. The quantitative estimate of drug-likeness (QED) is 0.864. The van der Waals surface area contributed by atoms with Crippen LogP contribution < -0.4 is 5.32 Å². The summed E-state index contributed by atoms with van der Waals surface area (Å²) in [7, 11) is 0.